The third kappa shape index (κ3) is 4.57. The van der Waals surface area contributed by atoms with Gasteiger partial charge in [0.15, 0.2) is 0 Å². The predicted molar refractivity (Wildman–Crippen MR) is 92.3 cm³/mol. The lowest BCUT2D eigenvalue weighted by Gasteiger charge is -2.31. The van der Waals surface area contributed by atoms with E-state index in [1.165, 1.54) is 6.07 Å². The number of nitrogens with one attached hydrogen (secondary N) is 1. The predicted octanol–water partition coefficient (Wildman–Crippen LogP) is 3.07. The smallest absolute Gasteiger partial charge is 0.227 e. The van der Waals surface area contributed by atoms with Crippen LogP contribution in [0.5, 0.6) is 0 Å². The van der Waals surface area contributed by atoms with Crippen LogP contribution in [0.15, 0.2) is 30.4 Å². The first-order chi connectivity index (χ1) is 10.6. The van der Waals surface area contributed by atoms with Gasteiger partial charge in [-0.15, -0.1) is 24.8 Å². The summed E-state index contributed by atoms with van der Waals surface area (Å²) in [5.41, 5.74) is 6.10. The van der Waals surface area contributed by atoms with Crippen LogP contribution in [0.1, 0.15) is 36.8 Å². The summed E-state index contributed by atoms with van der Waals surface area (Å²) in [6.45, 7) is 0.451. The molecule has 1 aliphatic rings. The molecule has 0 aliphatic heterocycles. The first-order valence-electron chi connectivity index (χ1n) is 7.45. The van der Waals surface area contributed by atoms with Gasteiger partial charge >= 0.3 is 0 Å². The van der Waals surface area contributed by atoms with E-state index in [0.29, 0.717) is 24.9 Å². The normalized spacial score (nSPS) is 19.5. The van der Waals surface area contributed by atoms with Crippen LogP contribution in [-0.2, 0) is 17.9 Å². The molecule has 3 N–H and O–H groups in total. The average Bonchev–Trinajstić information content (AvgIpc) is 2.54. The standard InChI is InChI=1S/C18H21FN2O.ClH/c1-2-8-18(9-4-3-5-10-18)17(22)21-13-15-7-6-14(12-20)11-16(15)19;/h1,3-4,6-7,11H,5,8-10,12-13,20H2,(H,21,22);1H. The lowest BCUT2D eigenvalue weighted by molar-refractivity contribution is -0.131. The maximum absolute atomic E-state index is 13.9. The van der Waals surface area contributed by atoms with Crippen molar-refractivity contribution in [3.63, 3.8) is 0 Å². The summed E-state index contributed by atoms with van der Waals surface area (Å²) in [7, 11) is 0. The van der Waals surface area contributed by atoms with Crippen LogP contribution in [0.25, 0.3) is 0 Å². The minimum atomic E-state index is -0.558. The number of allylic oxidation sites excluding steroid dienone is 2. The highest BCUT2D eigenvalue weighted by Crippen LogP contribution is 2.36. The summed E-state index contributed by atoms with van der Waals surface area (Å²) in [5, 5.41) is 2.83. The van der Waals surface area contributed by atoms with E-state index in [1.807, 2.05) is 6.08 Å². The van der Waals surface area contributed by atoms with Crippen LogP contribution in [-0.4, -0.2) is 5.91 Å². The molecule has 23 heavy (non-hydrogen) atoms. The zero-order valence-corrected chi connectivity index (χ0v) is 13.8. The monoisotopic (exact) mass is 336 g/mol. The van der Waals surface area contributed by atoms with Crippen molar-refractivity contribution >= 4 is 18.3 Å². The maximum atomic E-state index is 13.9. The summed E-state index contributed by atoms with van der Waals surface area (Å²) in [6, 6.07) is 4.83. The van der Waals surface area contributed by atoms with Gasteiger partial charge in [-0.1, -0.05) is 24.3 Å². The summed E-state index contributed by atoms with van der Waals surface area (Å²) < 4.78 is 13.9. The molecular formula is C18H22ClFN2O. The lowest BCUT2D eigenvalue weighted by atomic mass is 9.74. The average molecular weight is 337 g/mol. The molecule has 0 fully saturated rings. The number of carbonyl (C=O) groups is 1. The molecule has 124 valence electrons. The van der Waals surface area contributed by atoms with Gasteiger partial charge in [0.25, 0.3) is 0 Å². The Balaban J connectivity index is 0.00000264. The van der Waals surface area contributed by atoms with E-state index in [9.17, 15) is 9.18 Å². The van der Waals surface area contributed by atoms with E-state index in [0.717, 1.165) is 18.4 Å². The van der Waals surface area contributed by atoms with Crippen LogP contribution in [0, 0.1) is 23.6 Å². The lowest BCUT2D eigenvalue weighted by Crippen LogP contribution is -2.41. The number of hydrogen-bond donors (Lipinski definition) is 2. The van der Waals surface area contributed by atoms with Crippen molar-refractivity contribution in [1.29, 1.82) is 0 Å². The van der Waals surface area contributed by atoms with Gasteiger partial charge < -0.3 is 11.1 Å². The van der Waals surface area contributed by atoms with Crippen LogP contribution < -0.4 is 11.1 Å². The quantitative estimate of drug-likeness (QED) is 0.641. The molecule has 1 aromatic carbocycles. The minimum absolute atomic E-state index is 0. The van der Waals surface area contributed by atoms with Gasteiger partial charge in [-0.05, 0) is 30.9 Å². The molecule has 0 spiro atoms. The number of hydrogen-bond acceptors (Lipinski definition) is 2. The van der Waals surface area contributed by atoms with E-state index in [4.69, 9.17) is 12.2 Å². The molecule has 0 bridgehead atoms. The molecule has 3 nitrogen and oxygen atoms in total. The Morgan fingerprint density at radius 2 is 2.22 bits per heavy atom. The van der Waals surface area contributed by atoms with Crippen molar-refractivity contribution in [2.45, 2.75) is 38.8 Å². The number of halogens is 2. The van der Waals surface area contributed by atoms with E-state index >= 15 is 0 Å². The topological polar surface area (TPSA) is 55.1 Å². The zero-order chi connectivity index (χ0) is 16.0. The maximum Gasteiger partial charge on any atom is 0.227 e. The fourth-order valence-electron chi connectivity index (χ4n) is 2.76. The van der Waals surface area contributed by atoms with Gasteiger partial charge in [-0.2, -0.15) is 0 Å². The van der Waals surface area contributed by atoms with Gasteiger partial charge in [-0.25, -0.2) is 4.39 Å². The Kier molecular flexibility index (Phi) is 7.28. The molecule has 0 saturated heterocycles. The van der Waals surface area contributed by atoms with Crippen molar-refractivity contribution < 1.29 is 9.18 Å². The van der Waals surface area contributed by atoms with Crippen molar-refractivity contribution in [3.05, 3.63) is 47.3 Å². The third-order valence-corrected chi connectivity index (χ3v) is 4.18. The molecule has 0 saturated carbocycles. The number of terminal acetylenes is 1. The number of amides is 1. The van der Waals surface area contributed by atoms with Crippen molar-refractivity contribution in [3.8, 4) is 12.3 Å². The number of nitrogens with two attached hydrogens (primary N) is 1. The van der Waals surface area contributed by atoms with Crippen LogP contribution in [0.3, 0.4) is 0 Å². The van der Waals surface area contributed by atoms with Crippen LogP contribution >= 0.6 is 12.4 Å². The first-order valence-corrected chi connectivity index (χ1v) is 7.45. The highest BCUT2D eigenvalue weighted by atomic mass is 35.5. The number of benzene rings is 1. The first kappa shape index (κ1) is 19.2. The second-order valence-corrected chi connectivity index (χ2v) is 5.69. The molecule has 0 aromatic heterocycles. The second-order valence-electron chi connectivity index (χ2n) is 5.69. The minimum Gasteiger partial charge on any atom is -0.351 e. The zero-order valence-electron chi connectivity index (χ0n) is 13.0. The summed E-state index contributed by atoms with van der Waals surface area (Å²) in [4.78, 5) is 12.5. The van der Waals surface area contributed by atoms with Crippen molar-refractivity contribution in [1.82, 2.24) is 5.32 Å². The summed E-state index contributed by atoms with van der Waals surface area (Å²) >= 11 is 0. The van der Waals surface area contributed by atoms with Crippen molar-refractivity contribution in [2.24, 2.45) is 11.1 Å². The Bertz CT molecular complexity index is 624. The van der Waals surface area contributed by atoms with E-state index < -0.39 is 5.41 Å². The van der Waals surface area contributed by atoms with E-state index in [-0.39, 0.29) is 30.7 Å². The third-order valence-electron chi connectivity index (χ3n) is 4.18. The summed E-state index contributed by atoms with van der Waals surface area (Å²) in [5.74, 6) is 2.15. The van der Waals surface area contributed by atoms with Gasteiger partial charge in [0.05, 0.1) is 5.41 Å². The summed E-state index contributed by atoms with van der Waals surface area (Å²) in [6.07, 6.45) is 12.1. The Hall–Kier alpha value is -1.83. The fraction of sp³-hybridized carbons (Fsp3) is 0.389. The molecular weight excluding hydrogens is 315 g/mol. The van der Waals surface area contributed by atoms with Crippen LogP contribution in [0.2, 0.25) is 0 Å². The molecule has 1 aliphatic carbocycles. The molecule has 1 amide bonds. The molecule has 1 atom stereocenters. The van der Waals surface area contributed by atoms with Gasteiger partial charge in [0.1, 0.15) is 5.82 Å². The van der Waals surface area contributed by atoms with Gasteiger partial charge in [0.2, 0.25) is 5.91 Å². The highest BCUT2D eigenvalue weighted by Gasteiger charge is 2.37. The van der Waals surface area contributed by atoms with E-state index in [1.54, 1.807) is 12.1 Å². The van der Waals surface area contributed by atoms with Crippen LogP contribution in [0.4, 0.5) is 4.39 Å². The molecule has 0 radical (unpaired) electrons. The second kappa shape index (κ2) is 8.71. The molecule has 0 heterocycles. The molecule has 2 rings (SSSR count). The number of carbonyl (C=O) groups excluding carboxylic acids is 1. The Labute approximate surface area is 142 Å². The van der Waals surface area contributed by atoms with Gasteiger partial charge in [0, 0.05) is 25.1 Å². The SMILES string of the molecule is C#CCC1(C(=O)NCc2ccc(CN)cc2F)CC=CCC1.Cl. The Morgan fingerprint density at radius 3 is 2.78 bits per heavy atom. The largest absolute Gasteiger partial charge is 0.351 e. The molecule has 5 heteroatoms. The Morgan fingerprint density at radius 1 is 1.43 bits per heavy atom. The molecule has 1 unspecified atom stereocenters. The number of rotatable bonds is 5. The molecule has 1 aromatic rings. The van der Waals surface area contributed by atoms with Crippen molar-refractivity contribution in [2.75, 3.05) is 0 Å². The fourth-order valence-corrected chi connectivity index (χ4v) is 2.76. The van der Waals surface area contributed by atoms with E-state index in [2.05, 4.69) is 17.3 Å². The highest BCUT2D eigenvalue weighted by molar-refractivity contribution is 5.85. The van der Waals surface area contributed by atoms with Gasteiger partial charge in [-0.3, -0.25) is 4.79 Å².